The number of rotatable bonds is 4. The first kappa shape index (κ1) is 16.9. The van der Waals surface area contributed by atoms with Gasteiger partial charge in [-0.3, -0.25) is 15.5 Å². The summed E-state index contributed by atoms with van der Waals surface area (Å²) < 4.78 is 5.34. The molecule has 1 aliphatic rings. The lowest BCUT2D eigenvalue weighted by Gasteiger charge is -2.09. The summed E-state index contributed by atoms with van der Waals surface area (Å²) in [7, 11) is 1.60. The number of benzene rings is 2. The molecule has 3 aromatic rings. The van der Waals surface area contributed by atoms with E-state index in [1.54, 1.807) is 30.6 Å². The summed E-state index contributed by atoms with van der Waals surface area (Å²) in [6.45, 7) is 0. The summed E-state index contributed by atoms with van der Waals surface area (Å²) in [5, 5.41) is 17.4. The first-order chi connectivity index (χ1) is 13.2. The van der Waals surface area contributed by atoms with Gasteiger partial charge >= 0.3 is 0 Å². The van der Waals surface area contributed by atoms with Crippen LogP contribution in [0, 0.1) is 10.1 Å². The third-order valence-corrected chi connectivity index (χ3v) is 4.95. The highest BCUT2D eigenvalue weighted by atomic mass is 32.1. The van der Waals surface area contributed by atoms with Gasteiger partial charge in [-0.15, -0.1) is 11.3 Å². The molecule has 0 bridgehead atoms. The summed E-state index contributed by atoms with van der Waals surface area (Å²) in [5.41, 5.74) is 5.95. The molecule has 0 radical (unpaired) electrons. The van der Waals surface area contributed by atoms with Gasteiger partial charge in [0.2, 0.25) is 0 Å². The van der Waals surface area contributed by atoms with E-state index < -0.39 is 4.92 Å². The first-order valence-electron chi connectivity index (χ1n) is 8.05. The third kappa shape index (κ3) is 3.30. The number of hydrazone groups is 1. The number of nitrogens with one attached hydrogen (secondary N) is 1. The maximum Gasteiger partial charge on any atom is 0.269 e. The van der Waals surface area contributed by atoms with E-state index in [1.165, 1.54) is 12.1 Å². The van der Waals surface area contributed by atoms with E-state index in [2.05, 4.69) is 10.5 Å². The second kappa shape index (κ2) is 7.00. The minimum Gasteiger partial charge on any atom is -0.497 e. The van der Waals surface area contributed by atoms with E-state index in [0.717, 1.165) is 21.7 Å². The summed E-state index contributed by atoms with van der Waals surface area (Å²) >= 11 is 1.56. The normalized spacial score (nSPS) is 12.9. The van der Waals surface area contributed by atoms with E-state index in [1.807, 2.05) is 35.7 Å². The van der Waals surface area contributed by atoms with Gasteiger partial charge in [0.05, 0.1) is 22.6 Å². The number of ether oxygens (including phenoxy) is 1. The van der Waals surface area contributed by atoms with Gasteiger partial charge in [-0.05, 0) is 41.8 Å². The average molecular weight is 378 g/mol. The summed E-state index contributed by atoms with van der Waals surface area (Å²) in [6, 6.07) is 15.8. The Morgan fingerprint density at radius 1 is 1.15 bits per heavy atom. The Kier molecular flexibility index (Phi) is 4.39. The zero-order valence-electron chi connectivity index (χ0n) is 14.2. The molecule has 8 heteroatoms. The van der Waals surface area contributed by atoms with E-state index in [4.69, 9.17) is 9.73 Å². The van der Waals surface area contributed by atoms with Crippen LogP contribution in [0.25, 0.3) is 0 Å². The predicted molar refractivity (Wildman–Crippen MR) is 105 cm³/mol. The number of nitro groups is 1. The van der Waals surface area contributed by atoms with E-state index in [0.29, 0.717) is 17.3 Å². The predicted octanol–water partition coefficient (Wildman–Crippen LogP) is 4.10. The molecular formula is C19H14N4O3S. The van der Waals surface area contributed by atoms with Crippen LogP contribution in [0.2, 0.25) is 0 Å². The number of nitrogens with zero attached hydrogens (tertiary/aromatic N) is 3. The number of aliphatic imine (C=N–C) groups is 1. The Morgan fingerprint density at radius 3 is 2.63 bits per heavy atom. The Morgan fingerprint density at radius 2 is 1.96 bits per heavy atom. The minimum absolute atomic E-state index is 0.0299. The Hall–Kier alpha value is -3.52. The quantitative estimate of drug-likeness (QED) is 0.547. The van der Waals surface area contributed by atoms with E-state index >= 15 is 0 Å². The molecule has 0 aliphatic carbocycles. The molecule has 0 spiro atoms. The molecule has 4 rings (SSSR count). The molecule has 0 saturated carbocycles. The van der Waals surface area contributed by atoms with Gasteiger partial charge < -0.3 is 4.74 Å². The van der Waals surface area contributed by atoms with Crippen molar-refractivity contribution in [1.29, 1.82) is 0 Å². The van der Waals surface area contributed by atoms with Gasteiger partial charge in [-0.2, -0.15) is 5.10 Å². The van der Waals surface area contributed by atoms with Crippen LogP contribution in [0.15, 0.2) is 70.1 Å². The van der Waals surface area contributed by atoms with Gasteiger partial charge in [0.15, 0.2) is 5.84 Å². The lowest BCUT2D eigenvalue weighted by Crippen LogP contribution is -2.18. The number of amidine groups is 1. The highest BCUT2D eigenvalue weighted by Gasteiger charge is 2.19. The molecule has 7 nitrogen and oxygen atoms in total. The maximum atomic E-state index is 10.9. The standard InChI is InChI=1S/C19H14N4O3S/c1-26-14-8-9-16-15(11-14)18(12-4-6-13(7-5-12)23(24)25)21-22-19(20-16)17-3-2-10-27-17/h2-11H,1H3,(H,20,22). The van der Waals surface area contributed by atoms with Crippen molar-refractivity contribution in [2.24, 2.45) is 10.1 Å². The SMILES string of the molecule is COc1ccc2c(c1)C(c1ccc([N+](=O)[O-])cc1)=NNC(c1cccs1)=N2. The number of hydrogen-bond acceptors (Lipinski definition) is 7. The summed E-state index contributed by atoms with van der Waals surface area (Å²) in [6.07, 6.45) is 0. The number of nitro benzene ring substituents is 1. The van der Waals surface area contributed by atoms with Crippen molar-refractivity contribution in [3.05, 3.63) is 86.1 Å². The Labute approximate surface area is 158 Å². The molecule has 1 N–H and O–H groups in total. The number of fused-ring (bicyclic) bond motifs is 1. The van der Waals surface area contributed by atoms with Gasteiger partial charge in [0, 0.05) is 23.3 Å². The Balaban J connectivity index is 1.84. The molecule has 1 aromatic heterocycles. The van der Waals surface area contributed by atoms with Gasteiger partial charge in [0.1, 0.15) is 11.5 Å². The lowest BCUT2D eigenvalue weighted by molar-refractivity contribution is -0.384. The highest BCUT2D eigenvalue weighted by molar-refractivity contribution is 7.12. The molecule has 0 fully saturated rings. The van der Waals surface area contributed by atoms with Gasteiger partial charge in [0.25, 0.3) is 5.69 Å². The monoisotopic (exact) mass is 378 g/mol. The van der Waals surface area contributed by atoms with Crippen LogP contribution in [-0.2, 0) is 0 Å². The maximum absolute atomic E-state index is 10.9. The van der Waals surface area contributed by atoms with Crippen LogP contribution < -0.4 is 10.2 Å². The van der Waals surface area contributed by atoms with Crippen molar-refractivity contribution in [1.82, 2.24) is 5.43 Å². The fourth-order valence-corrected chi connectivity index (χ4v) is 3.39. The molecule has 2 heterocycles. The fraction of sp³-hybridized carbons (Fsp3) is 0.0526. The topological polar surface area (TPSA) is 89.1 Å². The van der Waals surface area contributed by atoms with Crippen molar-refractivity contribution >= 4 is 34.3 Å². The van der Waals surface area contributed by atoms with Crippen molar-refractivity contribution in [3.8, 4) is 5.75 Å². The van der Waals surface area contributed by atoms with Crippen LogP contribution in [-0.4, -0.2) is 23.6 Å². The van der Waals surface area contributed by atoms with Crippen molar-refractivity contribution in [3.63, 3.8) is 0 Å². The van der Waals surface area contributed by atoms with Crippen LogP contribution in [0.3, 0.4) is 0 Å². The average Bonchev–Trinajstić information content (AvgIpc) is 3.16. The Bertz CT molecular complexity index is 1060. The molecule has 2 aromatic carbocycles. The molecule has 0 saturated heterocycles. The van der Waals surface area contributed by atoms with Crippen LogP contribution in [0.1, 0.15) is 16.0 Å². The minimum atomic E-state index is -0.425. The molecule has 134 valence electrons. The third-order valence-electron chi connectivity index (χ3n) is 4.07. The number of methoxy groups -OCH3 is 1. The van der Waals surface area contributed by atoms with E-state index in [-0.39, 0.29) is 5.69 Å². The van der Waals surface area contributed by atoms with Crippen LogP contribution in [0.5, 0.6) is 5.75 Å². The van der Waals surface area contributed by atoms with Gasteiger partial charge in [-0.25, -0.2) is 4.99 Å². The molecule has 0 amide bonds. The number of hydrogen-bond donors (Lipinski definition) is 1. The summed E-state index contributed by atoms with van der Waals surface area (Å²) in [4.78, 5) is 16.2. The van der Waals surface area contributed by atoms with Crippen molar-refractivity contribution in [2.45, 2.75) is 0 Å². The lowest BCUT2D eigenvalue weighted by atomic mass is 10.00. The van der Waals surface area contributed by atoms with E-state index in [9.17, 15) is 10.1 Å². The molecular weight excluding hydrogens is 364 g/mol. The molecule has 27 heavy (non-hydrogen) atoms. The number of thiophene rings is 1. The summed E-state index contributed by atoms with van der Waals surface area (Å²) in [5.74, 6) is 1.33. The smallest absolute Gasteiger partial charge is 0.269 e. The zero-order valence-corrected chi connectivity index (χ0v) is 15.1. The first-order valence-corrected chi connectivity index (χ1v) is 8.93. The highest BCUT2D eigenvalue weighted by Crippen LogP contribution is 2.30. The van der Waals surface area contributed by atoms with Crippen LogP contribution >= 0.6 is 11.3 Å². The van der Waals surface area contributed by atoms with Crippen LogP contribution in [0.4, 0.5) is 11.4 Å². The second-order valence-electron chi connectivity index (χ2n) is 5.70. The molecule has 1 aliphatic heterocycles. The zero-order chi connectivity index (χ0) is 18.8. The van der Waals surface area contributed by atoms with Crippen molar-refractivity contribution in [2.75, 3.05) is 7.11 Å². The largest absolute Gasteiger partial charge is 0.497 e. The molecule has 0 unspecified atom stereocenters. The van der Waals surface area contributed by atoms with Crippen molar-refractivity contribution < 1.29 is 9.66 Å². The number of non-ortho nitro benzene ring substituents is 1. The fourth-order valence-electron chi connectivity index (χ4n) is 2.73. The second-order valence-corrected chi connectivity index (χ2v) is 6.64. The molecule has 0 atom stereocenters. The van der Waals surface area contributed by atoms with Gasteiger partial charge in [-0.1, -0.05) is 6.07 Å².